The molecule has 0 bridgehead atoms. The van der Waals surface area contributed by atoms with Crippen molar-refractivity contribution >= 4 is 45.1 Å². The van der Waals surface area contributed by atoms with Gasteiger partial charge < -0.3 is 13.6 Å². The van der Waals surface area contributed by atoms with Crippen LogP contribution in [0.5, 0.6) is 5.75 Å². The van der Waals surface area contributed by atoms with Crippen molar-refractivity contribution in [1.29, 1.82) is 0 Å². The van der Waals surface area contributed by atoms with E-state index in [4.69, 9.17) is 36.8 Å². The van der Waals surface area contributed by atoms with Crippen LogP contribution in [0.2, 0.25) is 10.0 Å². The Bertz CT molecular complexity index is 1720. The van der Waals surface area contributed by atoms with Gasteiger partial charge in [0.1, 0.15) is 23.6 Å². The van der Waals surface area contributed by atoms with Crippen LogP contribution in [0.1, 0.15) is 11.1 Å². The quantitative estimate of drug-likeness (QED) is 0.271. The molecule has 0 fully saturated rings. The van der Waals surface area contributed by atoms with Gasteiger partial charge in [-0.25, -0.2) is 9.59 Å². The van der Waals surface area contributed by atoms with Crippen molar-refractivity contribution in [2.24, 2.45) is 0 Å². The maximum absolute atomic E-state index is 12.9. The maximum atomic E-state index is 12.9. The van der Waals surface area contributed by atoms with Gasteiger partial charge in [-0.3, -0.25) is 4.90 Å². The summed E-state index contributed by atoms with van der Waals surface area (Å²) < 4.78 is 17.1. The zero-order chi connectivity index (χ0) is 24.1. The van der Waals surface area contributed by atoms with Crippen LogP contribution >= 0.6 is 23.2 Å². The Morgan fingerprint density at radius 3 is 2.46 bits per heavy atom. The monoisotopic (exact) mass is 505 g/mol. The minimum Gasteiger partial charge on any atom is -0.478 e. The van der Waals surface area contributed by atoms with Crippen LogP contribution in [0.25, 0.3) is 33.1 Å². The predicted molar refractivity (Wildman–Crippen MR) is 135 cm³/mol. The second-order valence-electron chi connectivity index (χ2n) is 8.41. The van der Waals surface area contributed by atoms with Crippen molar-refractivity contribution in [3.8, 4) is 16.9 Å². The van der Waals surface area contributed by atoms with E-state index in [1.165, 1.54) is 6.07 Å². The SMILES string of the molecule is O=c1cc(-c2cc3cc(Cl)ccc3oc2=O)c2ccc3c(c2o1)CN(Cc1ccc(Cl)cc1)CO3. The van der Waals surface area contributed by atoms with E-state index in [2.05, 4.69) is 4.90 Å². The summed E-state index contributed by atoms with van der Waals surface area (Å²) in [5.74, 6) is 0.641. The highest BCUT2D eigenvalue weighted by molar-refractivity contribution is 6.31. The van der Waals surface area contributed by atoms with Crippen LogP contribution in [0.15, 0.2) is 85.2 Å². The number of benzene rings is 3. The smallest absolute Gasteiger partial charge is 0.344 e. The molecule has 0 aliphatic carbocycles. The third-order valence-electron chi connectivity index (χ3n) is 6.06. The highest BCUT2D eigenvalue weighted by atomic mass is 35.5. The number of halogens is 2. The molecule has 1 aliphatic rings. The first-order valence-corrected chi connectivity index (χ1v) is 11.6. The van der Waals surface area contributed by atoms with Gasteiger partial charge in [-0.2, -0.15) is 0 Å². The van der Waals surface area contributed by atoms with Crippen molar-refractivity contribution in [1.82, 2.24) is 4.90 Å². The van der Waals surface area contributed by atoms with Gasteiger partial charge in [0, 0.05) is 45.5 Å². The summed E-state index contributed by atoms with van der Waals surface area (Å²) in [4.78, 5) is 27.6. The average Bonchev–Trinajstić information content (AvgIpc) is 2.85. The third kappa shape index (κ3) is 4.10. The summed E-state index contributed by atoms with van der Waals surface area (Å²) in [7, 11) is 0. The zero-order valence-electron chi connectivity index (χ0n) is 18.2. The van der Waals surface area contributed by atoms with E-state index in [1.54, 1.807) is 30.3 Å². The van der Waals surface area contributed by atoms with Gasteiger partial charge in [0.15, 0.2) is 0 Å². The Hall–Kier alpha value is -3.58. The van der Waals surface area contributed by atoms with Gasteiger partial charge in [0.05, 0.1) is 11.1 Å². The lowest BCUT2D eigenvalue weighted by atomic mass is 9.99. The molecule has 3 heterocycles. The minimum atomic E-state index is -0.568. The fraction of sp³-hybridized carbons (Fsp3) is 0.111. The molecule has 174 valence electrons. The fourth-order valence-corrected chi connectivity index (χ4v) is 4.74. The van der Waals surface area contributed by atoms with E-state index in [9.17, 15) is 9.59 Å². The molecule has 5 aromatic rings. The van der Waals surface area contributed by atoms with Gasteiger partial charge in [-0.1, -0.05) is 35.3 Å². The molecule has 8 heteroatoms. The fourth-order valence-electron chi connectivity index (χ4n) is 4.43. The molecule has 2 aromatic heterocycles. The van der Waals surface area contributed by atoms with Crippen LogP contribution in [-0.4, -0.2) is 11.6 Å². The molecule has 6 rings (SSSR count). The van der Waals surface area contributed by atoms with Gasteiger partial charge in [-0.15, -0.1) is 0 Å². The Morgan fingerprint density at radius 1 is 0.829 bits per heavy atom. The van der Waals surface area contributed by atoms with Crippen molar-refractivity contribution in [2.45, 2.75) is 13.1 Å². The number of ether oxygens (including phenoxy) is 1. The molecule has 6 nitrogen and oxygen atoms in total. The second-order valence-corrected chi connectivity index (χ2v) is 9.29. The van der Waals surface area contributed by atoms with E-state index in [1.807, 2.05) is 30.3 Å². The number of fused-ring (bicyclic) bond motifs is 4. The minimum absolute atomic E-state index is 0.257. The van der Waals surface area contributed by atoms with Gasteiger partial charge in [0.25, 0.3) is 0 Å². The molecule has 1 aliphatic heterocycles. The van der Waals surface area contributed by atoms with Gasteiger partial charge in [0.2, 0.25) is 0 Å². The van der Waals surface area contributed by atoms with Crippen LogP contribution < -0.4 is 16.0 Å². The number of hydrogen-bond acceptors (Lipinski definition) is 6. The molecule has 0 saturated carbocycles. The van der Waals surface area contributed by atoms with Crippen molar-refractivity contribution < 1.29 is 13.6 Å². The van der Waals surface area contributed by atoms with E-state index in [0.29, 0.717) is 63.1 Å². The van der Waals surface area contributed by atoms with Crippen LogP contribution in [-0.2, 0) is 13.1 Å². The summed E-state index contributed by atoms with van der Waals surface area (Å²) in [5.41, 5.74) is 2.20. The van der Waals surface area contributed by atoms with E-state index in [0.717, 1.165) is 11.1 Å². The third-order valence-corrected chi connectivity index (χ3v) is 6.55. The summed E-state index contributed by atoms with van der Waals surface area (Å²) in [6.45, 7) is 1.52. The lowest BCUT2D eigenvalue weighted by Gasteiger charge is -2.29. The highest BCUT2D eigenvalue weighted by Gasteiger charge is 2.24. The van der Waals surface area contributed by atoms with Crippen molar-refractivity contribution in [2.75, 3.05) is 6.73 Å². The van der Waals surface area contributed by atoms with Gasteiger partial charge >= 0.3 is 11.3 Å². The first kappa shape index (κ1) is 21.9. The molecule has 0 N–H and O–H groups in total. The Labute approximate surface area is 208 Å². The highest BCUT2D eigenvalue weighted by Crippen LogP contribution is 2.36. The van der Waals surface area contributed by atoms with Crippen LogP contribution in [0.3, 0.4) is 0 Å². The molecule has 35 heavy (non-hydrogen) atoms. The average molecular weight is 506 g/mol. The van der Waals surface area contributed by atoms with E-state index in [-0.39, 0.29) is 5.56 Å². The van der Waals surface area contributed by atoms with E-state index >= 15 is 0 Å². The van der Waals surface area contributed by atoms with Crippen LogP contribution in [0.4, 0.5) is 0 Å². The van der Waals surface area contributed by atoms with Crippen molar-refractivity contribution in [3.05, 3.63) is 109 Å². The topological polar surface area (TPSA) is 72.9 Å². The maximum Gasteiger partial charge on any atom is 0.344 e. The molecule has 0 unspecified atom stereocenters. The molecule has 3 aromatic carbocycles. The molecular formula is C27H17Cl2NO5. The first-order valence-electron chi connectivity index (χ1n) is 10.9. The molecule has 0 saturated heterocycles. The number of nitrogens with zero attached hydrogens (tertiary/aromatic N) is 1. The summed E-state index contributed by atoms with van der Waals surface area (Å²) in [6.07, 6.45) is 0. The molecular weight excluding hydrogens is 489 g/mol. The molecule has 0 radical (unpaired) electrons. The zero-order valence-corrected chi connectivity index (χ0v) is 19.7. The second kappa shape index (κ2) is 8.57. The van der Waals surface area contributed by atoms with Gasteiger partial charge in [-0.05, 0) is 54.1 Å². The Balaban J connectivity index is 1.47. The Morgan fingerprint density at radius 2 is 1.63 bits per heavy atom. The molecule has 0 spiro atoms. The summed E-state index contributed by atoms with van der Waals surface area (Å²) in [5, 5.41) is 2.47. The van der Waals surface area contributed by atoms with Crippen LogP contribution in [0, 0.1) is 0 Å². The summed E-state index contributed by atoms with van der Waals surface area (Å²) >= 11 is 12.1. The van der Waals surface area contributed by atoms with E-state index < -0.39 is 11.3 Å². The standard InChI is InChI=1S/C27H17Cl2NO5/c28-17-3-1-15(2-4-17)12-30-13-22-24(33-14-30)8-6-19-20(11-25(31)35-26(19)22)21-10-16-9-18(29)5-7-23(16)34-27(21)32/h1-11H,12-14H2. The normalized spacial score (nSPS) is 13.7. The summed E-state index contributed by atoms with van der Waals surface area (Å²) in [6, 6.07) is 19.2. The predicted octanol–water partition coefficient (Wildman–Crippen LogP) is 6.23. The number of hydrogen-bond donors (Lipinski definition) is 0. The lowest BCUT2D eigenvalue weighted by Crippen LogP contribution is -2.31. The first-order chi connectivity index (χ1) is 16.9. The molecule has 0 atom stereocenters. The number of rotatable bonds is 3. The largest absolute Gasteiger partial charge is 0.478 e. The lowest BCUT2D eigenvalue weighted by molar-refractivity contribution is 0.0890. The van der Waals surface area contributed by atoms with Crippen molar-refractivity contribution in [3.63, 3.8) is 0 Å². The molecule has 0 amide bonds. The Kier molecular flexibility index (Phi) is 5.37.